The quantitative estimate of drug-likeness (QED) is 0.589. The van der Waals surface area contributed by atoms with E-state index in [1.165, 1.54) is 32.1 Å². The second-order valence-corrected chi connectivity index (χ2v) is 7.45. The summed E-state index contributed by atoms with van der Waals surface area (Å²) in [5.74, 6) is -0.822. The van der Waals surface area contributed by atoms with Gasteiger partial charge in [0, 0.05) is 24.8 Å². The van der Waals surface area contributed by atoms with Crippen LogP contribution in [0.2, 0.25) is 0 Å². The molecule has 5 rings (SSSR count). The molecule has 2 aromatic carbocycles. The van der Waals surface area contributed by atoms with Gasteiger partial charge in [0.1, 0.15) is 11.6 Å². The summed E-state index contributed by atoms with van der Waals surface area (Å²) < 4.78 is 23.5. The summed E-state index contributed by atoms with van der Waals surface area (Å²) in [5, 5.41) is 0.691. The van der Waals surface area contributed by atoms with Crippen molar-refractivity contribution in [2.45, 2.75) is 26.3 Å². The molecule has 2 aliphatic rings. The molecule has 3 aromatic rings. The third-order valence-corrected chi connectivity index (χ3v) is 5.46. The van der Waals surface area contributed by atoms with E-state index < -0.39 is 11.8 Å². The van der Waals surface area contributed by atoms with Gasteiger partial charge in [-0.2, -0.15) is 0 Å². The maximum absolute atomic E-state index is 13.1. The van der Waals surface area contributed by atoms with Crippen LogP contribution < -0.4 is 4.74 Å². The lowest BCUT2D eigenvalue weighted by atomic mass is 9.98. The van der Waals surface area contributed by atoms with Crippen LogP contribution in [0.5, 0.6) is 5.75 Å². The van der Waals surface area contributed by atoms with Crippen molar-refractivity contribution in [3.8, 4) is 5.75 Å². The van der Waals surface area contributed by atoms with Gasteiger partial charge in [0.05, 0.1) is 30.3 Å². The molecular weight excluding hydrogens is 399 g/mol. The Balaban J connectivity index is 0.000000407. The normalized spacial score (nSPS) is 15.1. The third kappa shape index (κ3) is 3.88. The van der Waals surface area contributed by atoms with E-state index in [-0.39, 0.29) is 17.9 Å². The van der Waals surface area contributed by atoms with Crippen molar-refractivity contribution in [2.24, 2.45) is 0 Å². The molecule has 0 bridgehead atoms. The highest BCUT2D eigenvalue weighted by molar-refractivity contribution is 6.25. The number of carbonyl (C=O) groups is 2. The minimum atomic E-state index is -0.417. The predicted molar refractivity (Wildman–Crippen MR) is 114 cm³/mol. The molecule has 0 radical (unpaired) electrons. The highest BCUT2D eigenvalue weighted by atomic mass is 19.1. The molecule has 0 atom stereocenters. The Morgan fingerprint density at radius 3 is 2.35 bits per heavy atom. The van der Waals surface area contributed by atoms with Crippen LogP contribution in [-0.2, 0) is 11.3 Å². The molecule has 0 N–H and O–H groups in total. The lowest BCUT2D eigenvalue weighted by Crippen LogP contribution is -2.29. The molecule has 0 aliphatic carbocycles. The van der Waals surface area contributed by atoms with Crippen LogP contribution in [0.4, 0.5) is 4.39 Å². The fourth-order valence-electron chi connectivity index (χ4n) is 3.91. The van der Waals surface area contributed by atoms with Crippen molar-refractivity contribution in [1.82, 2.24) is 9.88 Å². The zero-order chi connectivity index (χ0) is 22.0. The number of pyridine rings is 1. The maximum atomic E-state index is 13.1. The van der Waals surface area contributed by atoms with E-state index in [0.29, 0.717) is 33.3 Å². The summed E-state index contributed by atoms with van der Waals surface area (Å²) in [6, 6.07) is 9.29. The van der Waals surface area contributed by atoms with Gasteiger partial charge >= 0.3 is 0 Å². The third-order valence-electron chi connectivity index (χ3n) is 5.46. The van der Waals surface area contributed by atoms with Gasteiger partial charge < -0.3 is 9.47 Å². The molecule has 0 spiro atoms. The minimum absolute atomic E-state index is 0.0684. The number of aryl methyl sites for hydroxylation is 1. The largest absolute Gasteiger partial charge is 0.495 e. The number of fused-ring (bicyclic) bond motifs is 2. The van der Waals surface area contributed by atoms with Crippen LogP contribution in [0.3, 0.4) is 0 Å². The summed E-state index contributed by atoms with van der Waals surface area (Å²) in [4.78, 5) is 31.4. The van der Waals surface area contributed by atoms with Crippen molar-refractivity contribution in [2.75, 3.05) is 20.3 Å². The van der Waals surface area contributed by atoms with Gasteiger partial charge in [-0.3, -0.25) is 19.5 Å². The van der Waals surface area contributed by atoms with Crippen molar-refractivity contribution in [3.05, 3.63) is 70.7 Å². The zero-order valence-corrected chi connectivity index (χ0v) is 17.5. The summed E-state index contributed by atoms with van der Waals surface area (Å²) in [5.41, 5.74) is 2.53. The van der Waals surface area contributed by atoms with Crippen molar-refractivity contribution < 1.29 is 23.5 Å². The van der Waals surface area contributed by atoms with E-state index >= 15 is 0 Å². The number of hydrogen-bond acceptors (Lipinski definition) is 5. The smallest absolute Gasteiger partial charge is 0.265 e. The number of ether oxygens (including phenoxy) is 2. The van der Waals surface area contributed by atoms with Crippen molar-refractivity contribution in [1.29, 1.82) is 0 Å². The highest BCUT2D eigenvalue weighted by Crippen LogP contribution is 2.40. The summed E-state index contributed by atoms with van der Waals surface area (Å²) in [6.07, 6.45) is 4.19. The Kier molecular flexibility index (Phi) is 5.95. The van der Waals surface area contributed by atoms with E-state index in [0.717, 1.165) is 18.1 Å². The summed E-state index contributed by atoms with van der Waals surface area (Å²) in [7, 11) is 1.47. The number of methoxy groups -OCH3 is 1. The van der Waals surface area contributed by atoms with Crippen LogP contribution in [-0.4, -0.2) is 42.0 Å². The summed E-state index contributed by atoms with van der Waals surface area (Å²) >= 11 is 0. The molecule has 0 saturated carbocycles. The second kappa shape index (κ2) is 8.81. The predicted octanol–water partition coefficient (Wildman–Crippen LogP) is 4.28. The first-order chi connectivity index (χ1) is 15.0. The topological polar surface area (TPSA) is 68.7 Å². The Hall–Kier alpha value is -3.32. The van der Waals surface area contributed by atoms with Crippen LogP contribution in [0.15, 0.2) is 42.6 Å². The molecule has 2 aliphatic heterocycles. The molecular formula is C24H23FN2O4. The number of nitrogens with zero attached hydrogens (tertiary/aromatic N) is 2. The molecule has 160 valence electrons. The number of aromatic nitrogens is 1. The van der Waals surface area contributed by atoms with Crippen LogP contribution in [0.1, 0.15) is 44.7 Å². The van der Waals surface area contributed by atoms with Gasteiger partial charge in [-0.05, 0) is 55.2 Å². The van der Waals surface area contributed by atoms with Gasteiger partial charge in [-0.1, -0.05) is 12.1 Å². The first-order valence-electron chi connectivity index (χ1n) is 10.2. The fourth-order valence-corrected chi connectivity index (χ4v) is 3.91. The molecule has 6 nitrogen and oxygen atoms in total. The number of rotatable bonds is 3. The lowest BCUT2D eigenvalue weighted by Gasteiger charge is -2.14. The number of imide groups is 1. The zero-order valence-electron chi connectivity index (χ0n) is 17.5. The van der Waals surface area contributed by atoms with Gasteiger partial charge in [0.2, 0.25) is 0 Å². The number of benzene rings is 2. The van der Waals surface area contributed by atoms with E-state index in [2.05, 4.69) is 4.98 Å². The standard InChI is InChI=1S/C20H15FN2O3.C4H8O/c1-11-15-16(18(26-2)14-4-3-9-22-17(11)14)20(25)23(19(15)24)10-12-5-7-13(21)8-6-12;1-2-4-5-3-1/h3-9H,10H2,1-2H3;1-4H2. The molecule has 1 saturated heterocycles. The number of amides is 2. The first kappa shape index (κ1) is 20.9. The van der Waals surface area contributed by atoms with E-state index in [9.17, 15) is 14.0 Å². The average molecular weight is 422 g/mol. The second-order valence-electron chi connectivity index (χ2n) is 7.45. The van der Waals surface area contributed by atoms with Gasteiger partial charge in [0.15, 0.2) is 0 Å². The van der Waals surface area contributed by atoms with Crippen LogP contribution in [0.25, 0.3) is 10.9 Å². The molecule has 3 heterocycles. The molecule has 1 fully saturated rings. The SMILES string of the molecule is C1CCOC1.COc1c2c(c(C)c3ncccc13)C(=O)N(Cc1ccc(F)cc1)C2=O. The number of carbonyl (C=O) groups excluding carboxylic acids is 2. The van der Waals surface area contributed by atoms with Gasteiger partial charge in [0.25, 0.3) is 11.8 Å². The first-order valence-corrected chi connectivity index (χ1v) is 10.2. The van der Waals surface area contributed by atoms with Crippen LogP contribution >= 0.6 is 0 Å². The molecule has 0 unspecified atom stereocenters. The Bertz CT molecular complexity index is 1130. The van der Waals surface area contributed by atoms with E-state index in [4.69, 9.17) is 9.47 Å². The molecule has 2 amide bonds. The highest BCUT2D eigenvalue weighted by Gasteiger charge is 2.41. The Morgan fingerprint density at radius 1 is 1.06 bits per heavy atom. The average Bonchev–Trinajstić information content (AvgIpc) is 3.44. The number of hydrogen-bond donors (Lipinski definition) is 0. The van der Waals surface area contributed by atoms with Gasteiger partial charge in [-0.15, -0.1) is 0 Å². The fraction of sp³-hybridized carbons (Fsp3) is 0.292. The lowest BCUT2D eigenvalue weighted by molar-refractivity contribution is 0.0641. The summed E-state index contributed by atoms with van der Waals surface area (Å²) in [6.45, 7) is 3.85. The van der Waals surface area contributed by atoms with Crippen molar-refractivity contribution in [3.63, 3.8) is 0 Å². The van der Waals surface area contributed by atoms with Crippen molar-refractivity contribution >= 4 is 22.7 Å². The molecule has 1 aromatic heterocycles. The minimum Gasteiger partial charge on any atom is -0.495 e. The molecule has 31 heavy (non-hydrogen) atoms. The van der Waals surface area contributed by atoms with Crippen LogP contribution in [0, 0.1) is 12.7 Å². The Labute approximate surface area is 179 Å². The monoisotopic (exact) mass is 422 g/mol. The van der Waals surface area contributed by atoms with E-state index in [1.807, 2.05) is 6.07 Å². The maximum Gasteiger partial charge on any atom is 0.265 e. The van der Waals surface area contributed by atoms with E-state index in [1.54, 1.807) is 31.3 Å². The Morgan fingerprint density at radius 2 is 1.74 bits per heavy atom. The van der Waals surface area contributed by atoms with Gasteiger partial charge in [-0.25, -0.2) is 4.39 Å². The number of halogens is 1. The molecule has 7 heteroatoms.